The van der Waals surface area contributed by atoms with E-state index in [1.54, 1.807) is 18.9 Å². The second kappa shape index (κ2) is 12.2. The van der Waals surface area contributed by atoms with Crippen molar-refractivity contribution in [2.24, 2.45) is 0 Å². The molecule has 0 fully saturated rings. The van der Waals surface area contributed by atoms with Crippen LogP contribution in [0.4, 0.5) is 0 Å². The van der Waals surface area contributed by atoms with Crippen LogP contribution in [0.25, 0.3) is 0 Å². The van der Waals surface area contributed by atoms with Gasteiger partial charge in [0.15, 0.2) is 0 Å². The van der Waals surface area contributed by atoms with Crippen molar-refractivity contribution in [3.05, 3.63) is 9.67 Å². The third-order valence-electron chi connectivity index (χ3n) is 6.10. The maximum atomic E-state index is 6.52. The quantitative estimate of drug-likeness (QED) is 0.243. The first kappa shape index (κ1) is 25.7. The summed E-state index contributed by atoms with van der Waals surface area (Å²) in [4.78, 5) is 0. The van der Waals surface area contributed by atoms with Crippen molar-refractivity contribution in [2.45, 2.75) is 118 Å². The van der Waals surface area contributed by atoms with E-state index >= 15 is 0 Å². The van der Waals surface area contributed by atoms with Gasteiger partial charge in [-0.05, 0) is 0 Å². The van der Waals surface area contributed by atoms with E-state index in [1.807, 2.05) is 0 Å². The molecule has 150 valence electrons. The number of hydrogen-bond acceptors (Lipinski definition) is 1. The zero-order valence-corrected chi connectivity index (χ0v) is 22.9. The maximum absolute atomic E-state index is 6.52. The molecule has 0 radical (unpaired) electrons. The molecule has 0 N–H and O–H groups in total. The SMILES string of the molecule is CCC[CH2][Sn]([CH]=C(C)CO[Si](C)(C)C(C)(C)C)([CH2]CCC)[CH2]CCC. The van der Waals surface area contributed by atoms with Crippen LogP contribution in [0.1, 0.15) is 87.0 Å². The fourth-order valence-electron chi connectivity index (χ4n) is 3.25. The van der Waals surface area contributed by atoms with Crippen molar-refractivity contribution in [2.75, 3.05) is 6.61 Å². The van der Waals surface area contributed by atoms with Crippen LogP contribution in [-0.4, -0.2) is 33.3 Å². The molecule has 0 aliphatic heterocycles. The Balaban J connectivity index is 5.22. The zero-order valence-electron chi connectivity index (χ0n) is 19.1. The zero-order chi connectivity index (χ0) is 19.6. The third kappa shape index (κ3) is 10.00. The van der Waals surface area contributed by atoms with Gasteiger partial charge in [-0.2, -0.15) is 0 Å². The molecule has 0 saturated heterocycles. The molecule has 0 aliphatic carbocycles. The number of unbranched alkanes of at least 4 members (excludes halogenated alkanes) is 3. The van der Waals surface area contributed by atoms with Crippen LogP contribution < -0.4 is 0 Å². The molecule has 0 spiro atoms. The van der Waals surface area contributed by atoms with Gasteiger partial charge in [0, 0.05) is 0 Å². The number of rotatable bonds is 13. The minimum atomic E-state index is -2.16. The van der Waals surface area contributed by atoms with E-state index in [0.29, 0.717) is 5.04 Å². The third-order valence-corrected chi connectivity index (χ3v) is 25.3. The van der Waals surface area contributed by atoms with E-state index in [1.165, 1.54) is 38.5 Å². The first-order valence-electron chi connectivity index (χ1n) is 10.9. The normalized spacial score (nSPS) is 14.2. The molecule has 0 unspecified atom stereocenters. The van der Waals surface area contributed by atoms with Gasteiger partial charge in [-0.1, -0.05) is 0 Å². The van der Waals surface area contributed by atoms with Gasteiger partial charge in [0.2, 0.25) is 0 Å². The first-order valence-corrected chi connectivity index (χ1v) is 21.5. The monoisotopic (exact) mass is 476 g/mol. The van der Waals surface area contributed by atoms with Gasteiger partial charge >= 0.3 is 166 Å². The van der Waals surface area contributed by atoms with Gasteiger partial charge < -0.3 is 0 Å². The van der Waals surface area contributed by atoms with Crippen LogP contribution >= 0.6 is 0 Å². The van der Waals surface area contributed by atoms with Gasteiger partial charge in [0.25, 0.3) is 0 Å². The van der Waals surface area contributed by atoms with Crippen LogP contribution in [-0.2, 0) is 4.43 Å². The van der Waals surface area contributed by atoms with Gasteiger partial charge in [-0.15, -0.1) is 0 Å². The molecule has 0 aromatic carbocycles. The standard InChI is InChI=1S/C10H21OSi.3C4H9.Sn/c1-9(2)8-11-12(6,7)10(3,4)5;3*1-3-4-2;/h1H,8H2,2-7H3;3*1,3-4H2,2H3;. The van der Waals surface area contributed by atoms with Gasteiger partial charge in [-0.3, -0.25) is 0 Å². The molecule has 0 aromatic rings. The minimum absolute atomic E-state index is 0.306. The van der Waals surface area contributed by atoms with Gasteiger partial charge in [0.1, 0.15) is 0 Å². The molecule has 0 aromatic heterocycles. The summed E-state index contributed by atoms with van der Waals surface area (Å²) >= 11 is -2.16. The molecule has 0 heterocycles. The second-order valence-electron chi connectivity index (χ2n) is 9.71. The number of hydrogen-bond donors (Lipinski definition) is 0. The average molecular weight is 475 g/mol. The summed E-state index contributed by atoms with van der Waals surface area (Å²) < 4.78 is 14.0. The van der Waals surface area contributed by atoms with E-state index in [0.717, 1.165) is 6.61 Å². The van der Waals surface area contributed by atoms with Crippen molar-refractivity contribution in [1.29, 1.82) is 0 Å². The van der Waals surface area contributed by atoms with Crippen LogP contribution in [0.2, 0.25) is 31.4 Å². The average Bonchev–Trinajstić information content (AvgIpc) is 2.53. The Hall–Kier alpha value is 0.716. The molecular weight excluding hydrogens is 427 g/mol. The van der Waals surface area contributed by atoms with E-state index in [9.17, 15) is 0 Å². The van der Waals surface area contributed by atoms with E-state index in [4.69, 9.17) is 4.43 Å². The first-order chi connectivity index (χ1) is 11.5. The Morgan fingerprint density at radius 1 is 0.880 bits per heavy atom. The van der Waals surface area contributed by atoms with Crippen LogP contribution in [0.15, 0.2) is 9.67 Å². The predicted octanol–water partition coefficient (Wildman–Crippen LogP) is 8.34. The summed E-state index contributed by atoms with van der Waals surface area (Å²) in [5.74, 6) is 0. The van der Waals surface area contributed by atoms with E-state index in [-0.39, 0.29) is 0 Å². The molecule has 0 atom stereocenters. The molecule has 0 rings (SSSR count). The van der Waals surface area contributed by atoms with Crippen molar-refractivity contribution >= 4 is 26.7 Å². The van der Waals surface area contributed by atoms with Crippen molar-refractivity contribution < 1.29 is 4.43 Å². The summed E-state index contributed by atoms with van der Waals surface area (Å²) in [6.07, 6.45) is 8.38. The summed E-state index contributed by atoms with van der Waals surface area (Å²) in [5, 5.41) is 0.306. The van der Waals surface area contributed by atoms with E-state index < -0.39 is 26.7 Å². The second-order valence-corrected chi connectivity index (χ2v) is 27.4. The molecule has 1 nitrogen and oxygen atoms in total. The Labute approximate surface area is 165 Å². The molecular formula is C22H48OSiSn. The molecule has 0 saturated carbocycles. The van der Waals surface area contributed by atoms with Gasteiger partial charge in [-0.25, -0.2) is 0 Å². The molecule has 0 bridgehead atoms. The molecule has 3 heteroatoms. The topological polar surface area (TPSA) is 9.23 Å². The fraction of sp³-hybridized carbons (Fsp3) is 0.909. The summed E-state index contributed by atoms with van der Waals surface area (Å²) in [6.45, 7) is 22.1. The Morgan fingerprint density at radius 3 is 1.60 bits per heavy atom. The van der Waals surface area contributed by atoms with Crippen LogP contribution in [0.5, 0.6) is 0 Å². The van der Waals surface area contributed by atoms with Crippen LogP contribution in [0.3, 0.4) is 0 Å². The summed E-state index contributed by atoms with van der Waals surface area (Å²) in [7, 11) is -1.64. The van der Waals surface area contributed by atoms with Crippen molar-refractivity contribution in [3.63, 3.8) is 0 Å². The summed E-state index contributed by atoms with van der Waals surface area (Å²) in [6, 6.07) is 0. The van der Waals surface area contributed by atoms with Crippen LogP contribution in [0, 0.1) is 0 Å². The van der Waals surface area contributed by atoms with Crippen molar-refractivity contribution in [3.8, 4) is 0 Å². The molecule has 0 aliphatic rings. The summed E-state index contributed by atoms with van der Waals surface area (Å²) in [5.41, 5.74) is 1.55. The fourth-order valence-corrected chi connectivity index (χ4v) is 19.9. The Morgan fingerprint density at radius 2 is 1.28 bits per heavy atom. The Bertz CT molecular complexity index is 360. The predicted molar refractivity (Wildman–Crippen MR) is 122 cm³/mol. The van der Waals surface area contributed by atoms with Gasteiger partial charge in [0.05, 0.1) is 0 Å². The Kier molecular flexibility index (Phi) is 12.6. The van der Waals surface area contributed by atoms with E-state index in [2.05, 4.69) is 65.7 Å². The molecule has 25 heavy (non-hydrogen) atoms. The van der Waals surface area contributed by atoms with Crippen molar-refractivity contribution in [1.82, 2.24) is 0 Å². The molecule has 0 amide bonds.